The molecule has 29 heavy (non-hydrogen) atoms. The van der Waals surface area contributed by atoms with Crippen molar-refractivity contribution in [3.63, 3.8) is 0 Å². The average Bonchev–Trinajstić information content (AvgIpc) is 3.18. The van der Waals surface area contributed by atoms with Crippen LogP contribution in [0.4, 0.5) is 0 Å². The fourth-order valence-corrected chi connectivity index (χ4v) is 4.79. The molecule has 3 rings (SSSR count). The minimum atomic E-state index is -4.10. The van der Waals surface area contributed by atoms with E-state index in [4.69, 9.17) is 9.26 Å². The number of aromatic nitrogens is 2. The molecule has 0 aliphatic heterocycles. The van der Waals surface area contributed by atoms with E-state index in [2.05, 4.69) is 5.16 Å². The summed E-state index contributed by atoms with van der Waals surface area (Å²) in [5.41, 5.74) is 2.74. The van der Waals surface area contributed by atoms with E-state index in [-0.39, 0.29) is 16.3 Å². The molecule has 0 aliphatic carbocycles. The number of rotatable bonds is 5. The number of carbonyl (C=O) groups excluding carboxylic acids is 1. The van der Waals surface area contributed by atoms with Crippen molar-refractivity contribution >= 4 is 15.9 Å². The minimum Gasteiger partial charge on any atom is -0.497 e. The van der Waals surface area contributed by atoms with Crippen LogP contribution >= 0.6 is 0 Å². The van der Waals surface area contributed by atoms with Gasteiger partial charge in [-0.3, -0.25) is 4.79 Å². The summed E-state index contributed by atoms with van der Waals surface area (Å²) in [6, 6.07) is 9.09. The summed E-state index contributed by atoms with van der Waals surface area (Å²) in [5.74, 6) is 0.192. The summed E-state index contributed by atoms with van der Waals surface area (Å²) in [6.07, 6.45) is 0. The van der Waals surface area contributed by atoms with Gasteiger partial charge >= 0.3 is 0 Å². The molecule has 0 aliphatic rings. The molecule has 9 heteroatoms. The van der Waals surface area contributed by atoms with Crippen LogP contribution in [0.2, 0.25) is 0 Å². The number of hydrogen-bond donors (Lipinski definition) is 0. The number of sulfonamides is 1. The van der Waals surface area contributed by atoms with Crippen LogP contribution in [0.5, 0.6) is 5.75 Å². The summed E-state index contributed by atoms with van der Waals surface area (Å²) in [7, 11) is -1.28. The van der Waals surface area contributed by atoms with E-state index < -0.39 is 15.9 Å². The molecule has 0 N–H and O–H groups in total. The van der Waals surface area contributed by atoms with Crippen LogP contribution in [0.25, 0.3) is 5.69 Å². The predicted octanol–water partition coefficient (Wildman–Crippen LogP) is 3.17. The Morgan fingerprint density at radius 2 is 1.86 bits per heavy atom. The number of methoxy groups -OCH3 is 1. The van der Waals surface area contributed by atoms with Gasteiger partial charge in [0.25, 0.3) is 15.9 Å². The van der Waals surface area contributed by atoms with Crippen molar-refractivity contribution in [2.24, 2.45) is 0 Å². The summed E-state index contributed by atoms with van der Waals surface area (Å²) in [4.78, 5) is 13.0. The molecule has 8 nitrogen and oxygen atoms in total. The molecular weight excluding hydrogens is 394 g/mol. The second kappa shape index (κ2) is 7.40. The number of amides is 1. The van der Waals surface area contributed by atoms with Gasteiger partial charge in [-0.2, -0.15) is 0 Å². The maximum atomic E-state index is 13.1. The molecule has 0 saturated heterocycles. The molecule has 0 fully saturated rings. The number of carbonyl (C=O) groups is 1. The molecule has 0 unspecified atom stereocenters. The van der Waals surface area contributed by atoms with E-state index in [1.807, 2.05) is 35.8 Å². The van der Waals surface area contributed by atoms with E-state index in [0.717, 1.165) is 15.7 Å². The fraction of sp³-hybridized carbons (Fsp3) is 0.300. The average molecular weight is 417 g/mol. The topological polar surface area (TPSA) is 94.6 Å². The number of benzene rings is 1. The largest absolute Gasteiger partial charge is 0.497 e. The fourth-order valence-electron chi connectivity index (χ4n) is 3.38. The van der Waals surface area contributed by atoms with Crippen molar-refractivity contribution in [1.29, 1.82) is 0 Å². The molecule has 0 atom stereocenters. The van der Waals surface area contributed by atoms with Crippen LogP contribution in [0.15, 0.2) is 39.8 Å². The van der Waals surface area contributed by atoms with Crippen LogP contribution in [-0.4, -0.2) is 42.5 Å². The van der Waals surface area contributed by atoms with Crippen molar-refractivity contribution in [3.05, 3.63) is 58.7 Å². The first-order valence-electron chi connectivity index (χ1n) is 8.89. The Balaban J connectivity index is 2.04. The highest BCUT2D eigenvalue weighted by Crippen LogP contribution is 2.27. The highest BCUT2D eigenvalue weighted by molar-refractivity contribution is 7.89. The van der Waals surface area contributed by atoms with Gasteiger partial charge in [0.1, 0.15) is 11.4 Å². The summed E-state index contributed by atoms with van der Waals surface area (Å²) in [5, 5.41) is 3.68. The van der Waals surface area contributed by atoms with E-state index in [1.165, 1.54) is 20.9 Å². The van der Waals surface area contributed by atoms with Crippen LogP contribution in [0, 0.1) is 27.7 Å². The zero-order valence-electron chi connectivity index (χ0n) is 17.2. The van der Waals surface area contributed by atoms with Gasteiger partial charge in [-0.25, -0.2) is 12.7 Å². The van der Waals surface area contributed by atoms with Crippen molar-refractivity contribution < 1.29 is 22.5 Å². The molecule has 0 spiro atoms. The van der Waals surface area contributed by atoms with Crippen LogP contribution < -0.4 is 4.74 Å². The Kier molecular flexibility index (Phi) is 5.27. The molecule has 1 aromatic carbocycles. The lowest BCUT2D eigenvalue weighted by atomic mass is 10.2. The lowest BCUT2D eigenvalue weighted by molar-refractivity contribution is 0.0882. The first kappa shape index (κ1) is 20.7. The number of nitrogens with zero attached hydrogens (tertiary/aromatic N) is 3. The molecular formula is C20H23N3O5S. The van der Waals surface area contributed by atoms with E-state index in [0.29, 0.717) is 17.0 Å². The Morgan fingerprint density at radius 1 is 1.17 bits per heavy atom. The summed E-state index contributed by atoms with van der Waals surface area (Å²) >= 11 is 0. The molecule has 3 aromatic rings. The summed E-state index contributed by atoms with van der Waals surface area (Å²) < 4.78 is 38.8. The Morgan fingerprint density at radius 3 is 2.45 bits per heavy atom. The smallest absolute Gasteiger partial charge is 0.271 e. The number of ether oxygens (including phenoxy) is 1. The Hall–Kier alpha value is -3.07. The van der Waals surface area contributed by atoms with Crippen molar-refractivity contribution in [2.75, 3.05) is 14.2 Å². The normalized spacial score (nSPS) is 11.5. The van der Waals surface area contributed by atoms with Gasteiger partial charge in [0.05, 0.1) is 12.7 Å². The third-order valence-corrected chi connectivity index (χ3v) is 6.83. The highest BCUT2D eigenvalue weighted by Gasteiger charge is 2.33. The molecule has 2 aromatic heterocycles. The second-order valence-corrected chi connectivity index (χ2v) is 8.66. The maximum absolute atomic E-state index is 13.1. The quantitative estimate of drug-likeness (QED) is 0.633. The maximum Gasteiger partial charge on any atom is 0.271 e. The van der Waals surface area contributed by atoms with Gasteiger partial charge < -0.3 is 13.8 Å². The molecule has 0 saturated carbocycles. The third kappa shape index (κ3) is 3.42. The highest BCUT2D eigenvalue weighted by atomic mass is 32.2. The van der Waals surface area contributed by atoms with Crippen molar-refractivity contribution in [2.45, 2.75) is 32.6 Å². The molecule has 0 radical (unpaired) electrons. The standard InChI is InChI=1S/C20H23N3O5S/c1-12-10-18(14(3)23(12)16-8-7-9-17(11-16)27-6)20(24)22(5)29(25,26)19-13(2)21-28-15(19)4/h7-11H,1-6H3. The van der Waals surface area contributed by atoms with Crippen LogP contribution in [0.1, 0.15) is 33.2 Å². The lowest BCUT2D eigenvalue weighted by Gasteiger charge is -2.17. The predicted molar refractivity (Wildman–Crippen MR) is 107 cm³/mol. The zero-order chi connectivity index (χ0) is 21.5. The van der Waals surface area contributed by atoms with E-state index >= 15 is 0 Å². The minimum absolute atomic E-state index is 0.0880. The molecule has 154 valence electrons. The monoisotopic (exact) mass is 417 g/mol. The molecule has 2 heterocycles. The first-order chi connectivity index (χ1) is 13.6. The lowest BCUT2D eigenvalue weighted by Crippen LogP contribution is -2.34. The number of hydrogen-bond acceptors (Lipinski definition) is 6. The SMILES string of the molecule is COc1cccc(-n2c(C)cc(C(=O)N(C)S(=O)(=O)c3c(C)noc3C)c2C)c1. The zero-order valence-corrected chi connectivity index (χ0v) is 18.0. The van der Waals surface area contributed by atoms with Gasteiger partial charge in [-0.05, 0) is 45.9 Å². The third-order valence-electron chi connectivity index (χ3n) is 4.85. The second-order valence-electron chi connectivity index (χ2n) is 6.75. The van der Waals surface area contributed by atoms with Gasteiger partial charge in [0.15, 0.2) is 10.7 Å². The Bertz CT molecular complexity index is 1170. The molecule has 1 amide bonds. The van der Waals surface area contributed by atoms with E-state index in [1.54, 1.807) is 20.1 Å². The summed E-state index contributed by atoms with van der Waals surface area (Å²) in [6.45, 7) is 6.65. The Labute approximate surface area is 169 Å². The van der Waals surface area contributed by atoms with E-state index in [9.17, 15) is 13.2 Å². The van der Waals surface area contributed by atoms with Crippen molar-refractivity contribution in [1.82, 2.24) is 14.0 Å². The number of aryl methyl sites for hydroxylation is 3. The first-order valence-corrected chi connectivity index (χ1v) is 10.3. The van der Waals surface area contributed by atoms with Gasteiger partial charge in [-0.15, -0.1) is 0 Å². The molecule has 0 bridgehead atoms. The van der Waals surface area contributed by atoms with Gasteiger partial charge in [0, 0.05) is 30.2 Å². The van der Waals surface area contributed by atoms with Gasteiger partial charge in [0.2, 0.25) is 0 Å². The van der Waals surface area contributed by atoms with Crippen LogP contribution in [-0.2, 0) is 10.0 Å². The van der Waals surface area contributed by atoms with Gasteiger partial charge in [-0.1, -0.05) is 11.2 Å². The van der Waals surface area contributed by atoms with Crippen molar-refractivity contribution in [3.8, 4) is 11.4 Å². The van der Waals surface area contributed by atoms with Crippen LogP contribution in [0.3, 0.4) is 0 Å².